The monoisotopic (exact) mass is 604 g/mol. The second kappa shape index (κ2) is 20.6. The van der Waals surface area contributed by atoms with Crippen molar-refractivity contribution in [2.45, 2.75) is 141 Å². The highest BCUT2D eigenvalue weighted by Crippen LogP contribution is 2.26. The molecule has 8 heteroatoms. The summed E-state index contributed by atoms with van der Waals surface area (Å²) in [6.45, 7) is 8.06. The van der Waals surface area contributed by atoms with Crippen LogP contribution in [0.25, 0.3) is 0 Å². The maximum Gasteiger partial charge on any atom is 0.294 e. The number of hydrogen-bond acceptors (Lipinski definition) is 5. The van der Waals surface area contributed by atoms with Gasteiger partial charge in [0.15, 0.2) is 0 Å². The minimum Gasteiger partial charge on any atom is -0.325 e. The van der Waals surface area contributed by atoms with Gasteiger partial charge in [-0.3, -0.25) is 14.7 Å². The van der Waals surface area contributed by atoms with Crippen LogP contribution in [0.3, 0.4) is 0 Å². The highest BCUT2D eigenvalue weighted by molar-refractivity contribution is 7.85. The Kier molecular flexibility index (Phi) is 18.5. The van der Waals surface area contributed by atoms with Crippen molar-refractivity contribution in [1.82, 2.24) is 0 Å². The standard InChI is InChI=1S/C27H49N.C7H7NO5S/c1-4-5-6-7-8-9-10-11-12-13-14-15-16-20-23-26(27(2,3)28)24-25-21-18-17-19-22-25;1-5-4-6(8(9)10)2-3-7(5)14(11,12)13/h17-19,21-22,26H,4-16,20,23-24,28H2,1-3H3;2-4H,1H3,(H,11,12,13). The summed E-state index contributed by atoms with van der Waals surface area (Å²) in [5.74, 6) is 0.576. The topological polar surface area (TPSA) is 124 Å². The van der Waals surface area contributed by atoms with Gasteiger partial charge in [0.05, 0.1) is 9.82 Å². The van der Waals surface area contributed by atoms with E-state index in [1.165, 1.54) is 109 Å². The highest BCUT2D eigenvalue weighted by Gasteiger charge is 2.24. The summed E-state index contributed by atoms with van der Waals surface area (Å²) in [4.78, 5) is 9.35. The average molecular weight is 605 g/mol. The van der Waals surface area contributed by atoms with Crippen molar-refractivity contribution in [3.05, 3.63) is 69.8 Å². The molecule has 42 heavy (non-hydrogen) atoms. The van der Waals surface area contributed by atoms with Gasteiger partial charge in [-0.15, -0.1) is 0 Å². The fraction of sp³-hybridized carbons (Fsp3) is 0.647. The van der Waals surface area contributed by atoms with E-state index in [9.17, 15) is 18.5 Å². The molecule has 2 aromatic carbocycles. The summed E-state index contributed by atoms with van der Waals surface area (Å²) in [5, 5.41) is 10.3. The normalized spacial score (nSPS) is 12.4. The van der Waals surface area contributed by atoms with E-state index in [0.717, 1.165) is 24.6 Å². The van der Waals surface area contributed by atoms with Crippen molar-refractivity contribution in [2.75, 3.05) is 0 Å². The second-order valence-corrected chi connectivity index (χ2v) is 13.7. The van der Waals surface area contributed by atoms with E-state index >= 15 is 0 Å². The lowest BCUT2D eigenvalue weighted by atomic mass is 9.80. The van der Waals surface area contributed by atoms with Crippen molar-refractivity contribution in [3.8, 4) is 0 Å². The number of nitrogens with two attached hydrogens (primary N) is 1. The lowest BCUT2D eigenvalue weighted by Crippen LogP contribution is -2.42. The minimum atomic E-state index is -4.30. The van der Waals surface area contributed by atoms with Crippen LogP contribution >= 0.6 is 0 Å². The number of rotatable bonds is 20. The van der Waals surface area contributed by atoms with E-state index in [0.29, 0.717) is 5.92 Å². The van der Waals surface area contributed by atoms with Crippen LogP contribution < -0.4 is 5.73 Å². The first-order valence-corrected chi connectivity index (χ1v) is 17.4. The van der Waals surface area contributed by atoms with Crippen LogP contribution in [0.5, 0.6) is 0 Å². The zero-order chi connectivity index (χ0) is 31.4. The first kappa shape index (κ1) is 37.7. The number of non-ortho nitro benzene ring substituents is 1. The summed E-state index contributed by atoms with van der Waals surface area (Å²) in [6.07, 6.45) is 22.3. The zero-order valence-electron chi connectivity index (χ0n) is 26.5. The van der Waals surface area contributed by atoms with E-state index < -0.39 is 15.0 Å². The van der Waals surface area contributed by atoms with Crippen LogP contribution in [0.4, 0.5) is 5.69 Å². The molecule has 0 spiro atoms. The molecule has 0 saturated carbocycles. The molecule has 0 radical (unpaired) electrons. The lowest BCUT2D eigenvalue weighted by molar-refractivity contribution is -0.385. The van der Waals surface area contributed by atoms with Crippen molar-refractivity contribution in [1.29, 1.82) is 0 Å². The van der Waals surface area contributed by atoms with Crippen LogP contribution in [-0.2, 0) is 16.5 Å². The Labute approximate surface area is 255 Å². The Morgan fingerprint density at radius 1 is 0.833 bits per heavy atom. The molecule has 2 aromatic rings. The molecule has 0 amide bonds. The van der Waals surface area contributed by atoms with Crippen LogP contribution in [0, 0.1) is 23.0 Å². The third kappa shape index (κ3) is 17.0. The lowest BCUT2D eigenvalue weighted by Gasteiger charge is -2.31. The zero-order valence-corrected chi connectivity index (χ0v) is 27.3. The fourth-order valence-electron chi connectivity index (χ4n) is 5.26. The molecule has 0 aliphatic rings. The Morgan fingerprint density at radius 2 is 1.31 bits per heavy atom. The largest absolute Gasteiger partial charge is 0.325 e. The van der Waals surface area contributed by atoms with Gasteiger partial charge in [-0.05, 0) is 56.7 Å². The molecule has 0 aromatic heterocycles. The van der Waals surface area contributed by atoms with Gasteiger partial charge in [-0.1, -0.05) is 127 Å². The van der Waals surface area contributed by atoms with Crippen LogP contribution in [0.1, 0.15) is 128 Å². The Balaban J connectivity index is 0.000000525. The number of nitro groups is 1. The Hall–Kier alpha value is -2.29. The summed E-state index contributed by atoms with van der Waals surface area (Å²) < 4.78 is 30.1. The second-order valence-electron chi connectivity index (χ2n) is 12.3. The molecule has 0 bridgehead atoms. The maximum absolute atomic E-state index is 10.7. The molecule has 1 unspecified atom stereocenters. The number of hydrogen-bond donors (Lipinski definition) is 2. The van der Waals surface area contributed by atoms with Gasteiger partial charge in [-0.2, -0.15) is 8.42 Å². The molecule has 3 N–H and O–H groups in total. The van der Waals surface area contributed by atoms with Crippen molar-refractivity contribution >= 4 is 15.8 Å². The molecule has 1 atom stereocenters. The molecule has 238 valence electrons. The Bertz CT molecular complexity index is 1110. The van der Waals surface area contributed by atoms with Gasteiger partial charge < -0.3 is 5.73 Å². The summed E-state index contributed by atoms with van der Waals surface area (Å²) >= 11 is 0. The number of benzene rings is 2. The van der Waals surface area contributed by atoms with Crippen LogP contribution in [-0.4, -0.2) is 23.4 Å². The summed E-state index contributed by atoms with van der Waals surface area (Å²) in [6, 6.07) is 14.0. The summed E-state index contributed by atoms with van der Waals surface area (Å²) in [5.41, 5.74) is 7.75. The molecule has 2 rings (SSSR count). The summed E-state index contributed by atoms with van der Waals surface area (Å²) in [7, 11) is -4.30. The molecular weight excluding hydrogens is 548 g/mol. The first-order chi connectivity index (χ1) is 19.9. The molecule has 0 fully saturated rings. The third-order valence-corrected chi connectivity index (χ3v) is 8.94. The fourth-order valence-corrected chi connectivity index (χ4v) is 5.96. The smallest absolute Gasteiger partial charge is 0.294 e. The van der Waals surface area contributed by atoms with E-state index in [2.05, 4.69) is 51.1 Å². The molecule has 7 nitrogen and oxygen atoms in total. The van der Waals surface area contributed by atoms with E-state index in [4.69, 9.17) is 10.3 Å². The van der Waals surface area contributed by atoms with Crippen LogP contribution in [0.2, 0.25) is 0 Å². The maximum atomic E-state index is 10.7. The predicted octanol–water partition coefficient (Wildman–Crippen LogP) is 9.60. The van der Waals surface area contributed by atoms with Gasteiger partial charge in [0.1, 0.15) is 0 Å². The van der Waals surface area contributed by atoms with Gasteiger partial charge in [0.2, 0.25) is 0 Å². The van der Waals surface area contributed by atoms with Crippen molar-refractivity contribution in [2.24, 2.45) is 11.7 Å². The van der Waals surface area contributed by atoms with Crippen molar-refractivity contribution < 1.29 is 17.9 Å². The van der Waals surface area contributed by atoms with E-state index in [1.807, 2.05) is 0 Å². The molecule has 0 heterocycles. The van der Waals surface area contributed by atoms with Gasteiger partial charge in [0.25, 0.3) is 15.8 Å². The molecule has 0 aliphatic heterocycles. The molecule has 0 saturated heterocycles. The van der Waals surface area contributed by atoms with E-state index in [-0.39, 0.29) is 21.7 Å². The number of nitrogens with zero attached hydrogens (tertiary/aromatic N) is 1. The molecule has 0 aliphatic carbocycles. The number of unbranched alkanes of at least 4 members (excludes halogenated alkanes) is 13. The Morgan fingerprint density at radius 3 is 1.71 bits per heavy atom. The minimum absolute atomic E-state index is 0.0909. The first-order valence-electron chi connectivity index (χ1n) is 15.9. The SMILES string of the molecule is CCCCCCCCCCCCCCCCC(Cc1ccccc1)C(C)(C)N.Cc1cc([N+](=O)[O-])ccc1S(=O)(=O)O. The predicted molar refractivity (Wildman–Crippen MR) is 174 cm³/mol. The van der Waals surface area contributed by atoms with Crippen molar-refractivity contribution in [3.63, 3.8) is 0 Å². The average Bonchev–Trinajstić information content (AvgIpc) is 2.92. The quantitative estimate of drug-likeness (QED) is 0.0671. The van der Waals surface area contributed by atoms with Gasteiger partial charge in [0, 0.05) is 17.7 Å². The third-order valence-electron chi connectivity index (χ3n) is 7.93. The number of nitro benzene ring substituents is 1. The highest BCUT2D eigenvalue weighted by atomic mass is 32.2. The number of aryl methyl sites for hydroxylation is 1. The molecular formula is C34H56N2O5S. The van der Waals surface area contributed by atoms with Gasteiger partial charge in [-0.25, -0.2) is 0 Å². The van der Waals surface area contributed by atoms with E-state index in [1.54, 1.807) is 0 Å². The van der Waals surface area contributed by atoms with Crippen LogP contribution in [0.15, 0.2) is 53.4 Å². The van der Waals surface area contributed by atoms with Gasteiger partial charge >= 0.3 is 0 Å².